The topological polar surface area (TPSA) is 134 Å². The van der Waals surface area contributed by atoms with E-state index in [1.54, 1.807) is 0 Å². The number of nitrogens with two attached hydrogens (primary N) is 2. The Hall–Kier alpha value is -2.22. The molecule has 1 aromatic rings. The average Bonchev–Trinajstić information content (AvgIpc) is 2.20. The molecule has 8 heteroatoms. The number of aromatic nitrogens is 1. The average molecular weight is 226 g/mol. The molecular formula is C8H10N4O4. The standard InChI is InChI=1S/C8H10N4O4/c9-5(8(10)14)3-11-2-1-7(13)6(4-11)12(15)16/h1-2,4-5H,3,9H2,(H2,10,14). The Kier molecular flexibility index (Phi) is 3.36. The lowest BCUT2D eigenvalue weighted by Gasteiger charge is -2.09. The zero-order chi connectivity index (χ0) is 12.3. The summed E-state index contributed by atoms with van der Waals surface area (Å²) >= 11 is 0. The smallest absolute Gasteiger partial charge is 0.332 e. The summed E-state index contributed by atoms with van der Waals surface area (Å²) in [5, 5.41) is 10.5. The number of primary amides is 1. The summed E-state index contributed by atoms with van der Waals surface area (Å²) in [6, 6.07) is 0.0772. The lowest BCUT2D eigenvalue weighted by Crippen LogP contribution is -2.39. The molecule has 16 heavy (non-hydrogen) atoms. The lowest BCUT2D eigenvalue weighted by atomic mass is 10.3. The highest BCUT2D eigenvalue weighted by Gasteiger charge is 2.14. The molecular weight excluding hydrogens is 216 g/mol. The predicted octanol–water partition coefficient (Wildman–Crippen LogP) is -1.43. The number of nitro groups is 1. The molecule has 0 radical (unpaired) electrons. The van der Waals surface area contributed by atoms with Gasteiger partial charge < -0.3 is 16.0 Å². The number of amides is 1. The van der Waals surface area contributed by atoms with E-state index < -0.39 is 28.0 Å². The van der Waals surface area contributed by atoms with Crippen LogP contribution in [0.15, 0.2) is 23.3 Å². The van der Waals surface area contributed by atoms with Gasteiger partial charge in [0.2, 0.25) is 5.91 Å². The molecule has 0 bridgehead atoms. The Morgan fingerprint density at radius 1 is 1.62 bits per heavy atom. The molecule has 1 heterocycles. The van der Waals surface area contributed by atoms with Crippen molar-refractivity contribution in [2.75, 3.05) is 0 Å². The third kappa shape index (κ3) is 2.64. The second-order valence-corrected chi connectivity index (χ2v) is 3.16. The molecule has 1 amide bonds. The summed E-state index contributed by atoms with van der Waals surface area (Å²) in [6.45, 7) is -0.0174. The van der Waals surface area contributed by atoms with Crippen molar-refractivity contribution < 1.29 is 9.72 Å². The van der Waals surface area contributed by atoms with Crippen molar-refractivity contribution in [3.8, 4) is 0 Å². The second-order valence-electron chi connectivity index (χ2n) is 3.16. The summed E-state index contributed by atoms with van der Waals surface area (Å²) in [6.07, 6.45) is 2.32. The zero-order valence-electron chi connectivity index (χ0n) is 8.20. The van der Waals surface area contributed by atoms with Gasteiger partial charge >= 0.3 is 5.69 Å². The van der Waals surface area contributed by atoms with Crippen LogP contribution in [-0.4, -0.2) is 21.4 Å². The first-order chi connectivity index (χ1) is 7.41. The zero-order valence-corrected chi connectivity index (χ0v) is 8.20. The minimum Gasteiger partial charge on any atom is -0.368 e. The first-order valence-corrected chi connectivity index (χ1v) is 4.31. The summed E-state index contributed by atoms with van der Waals surface area (Å²) in [7, 11) is 0. The molecule has 1 atom stereocenters. The molecule has 0 saturated heterocycles. The van der Waals surface area contributed by atoms with Crippen LogP contribution in [0.4, 0.5) is 5.69 Å². The summed E-state index contributed by atoms with van der Waals surface area (Å²) in [4.78, 5) is 31.4. The van der Waals surface area contributed by atoms with E-state index >= 15 is 0 Å². The molecule has 0 aliphatic rings. The van der Waals surface area contributed by atoms with Gasteiger partial charge in [0.15, 0.2) is 0 Å². The summed E-state index contributed by atoms with van der Waals surface area (Å²) < 4.78 is 1.27. The first-order valence-electron chi connectivity index (χ1n) is 4.31. The predicted molar refractivity (Wildman–Crippen MR) is 54.5 cm³/mol. The number of rotatable bonds is 4. The van der Waals surface area contributed by atoms with Crippen molar-refractivity contribution in [3.63, 3.8) is 0 Å². The quantitative estimate of drug-likeness (QED) is 0.479. The molecule has 1 rings (SSSR count). The molecule has 0 aromatic carbocycles. The number of hydrogen-bond acceptors (Lipinski definition) is 5. The summed E-state index contributed by atoms with van der Waals surface area (Å²) in [5.41, 5.74) is 9.04. The number of carbonyl (C=O) groups excluding carboxylic acids is 1. The largest absolute Gasteiger partial charge is 0.368 e. The molecule has 4 N–H and O–H groups in total. The minimum atomic E-state index is -0.956. The van der Waals surface area contributed by atoms with Crippen LogP contribution in [0.1, 0.15) is 0 Å². The molecule has 0 aliphatic heterocycles. The lowest BCUT2D eigenvalue weighted by molar-refractivity contribution is -0.386. The fraction of sp³-hybridized carbons (Fsp3) is 0.250. The van der Waals surface area contributed by atoms with E-state index in [1.807, 2.05) is 0 Å². The van der Waals surface area contributed by atoms with Crippen molar-refractivity contribution >= 4 is 11.6 Å². The maximum absolute atomic E-state index is 11.1. The van der Waals surface area contributed by atoms with Gasteiger partial charge in [0.1, 0.15) is 6.04 Å². The molecule has 0 fully saturated rings. The van der Waals surface area contributed by atoms with E-state index in [-0.39, 0.29) is 6.54 Å². The van der Waals surface area contributed by atoms with Gasteiger partial charge in [0.25, 0.3) is 5.43 Å². The SMILES string of the molecule is NC(=O)C(N)Cn1ccc(=O)c([N+](=O)[O-])c1. The van der Waals surface area contributed by atoms with E-state index in [0.29, 0.717) is 0 Å². The Bertz CT molecular complexity index is 481. The van der Waals surface area contributed by atoms with Gasteiger partial charge in [-0.3, -0.25) is 19.7 Å². The fourth-order valence-corrected chi connectivity index (χ4v) is 1.08. The van der Waals surface area contributed by atoms with Gasteiger partial charge in [-0.15, -0.1) is 0 Å². The summed E-state index contributed by atoms with van der Waals surface area (Å²) in [5.74, 6) is -0.721. The highest BCUT2D eigenvalue weighted by atomic mass is 16.6. The van der Waals surface area contributed by atoms with Crippen LogP contribution in [0.25, 0.3) is 0 Å². The van der Waals surface area contributed by atoms with Crippen LogP contribution in [0, 0.1) is 10.1 Å². The molecule has 8 nitrogen and oxygen atoms in total. The van der Waals surface area contributed by atoms with Gasteiger partial charge in [0.05, 0.1) is 11.1 Å². The Morgan fingerprint density at radius 2 is 2.25 bits per heavy atom. The number of hydrogen-bond donors (Lipinski definition) is 2. The Balaban J connectivity index is 3.00. The second kappa shape index (κ2) is 4.53. The highest BCUT2D eigenvalue weighted by Crippen LogP contribution is 2.02. The molecule has 0 aliphatic carbocycles. The van der Waals surface area contributed by atoms with Crippen molar-refractivity contribution in [2.45, 2.75) is 12.6 Å². The van der Waals surface area contributed by atoms with Crippen LogP contribution in [-0.2, 0) is 11.3 Å². The fourth-order valence-electron chi connectivity index (χ4n) is 1.08. The number of carbonyl (C=O) groups is 1. The van der Waals surface area contributed by atoms with Gasteiger partial charge in [0, 0.05) is 18.8 Å². The third-order valence-electron chi connectivity index (χ3n) is 1.93. The first kappa shape index (κ1) is 11.9. The molecule has 86 valence electrons. The maximum atomic E-state index is 11.1. The third-order valence-corrected chi connectivity index (χ3v) is 1.93. The van der Waals surface area contributed by atoms with E-state index in [4.69, 9.17) is 11.5 Å². The molecule has 0 saturated carbocycles. The highest BCUT2D eigenvalue weighted by molar-refractivity contribution is 5.79. The van der Waals surface area contributed by atoms with Crippen LogP contribution in [0.2, 0.25) is 0 Å². The molecule has 1 aromatic heterocycles. The molecule has 1 unspecified atom stereocenters. The van der Waals surface area contributed by atoms with Crippen molar-refractivity contribution in [2.24, 2.45) is 11.5 Å². The Labute approximate surface area is 89.6 Å². The van der Waals surface area contributed by atoms with Crippen molar-refractivity contribution in [1.82, 2.24) is 4.57 Å². The van der Waals surface area contributed by atoms with Crippen molar-refractivity contribution in [1.29, 1.82) is 0 Å². The van der Waals surface area contributed by atoms with Crippen LogP contribution >= 0.6 is 0 Å². The normalized spacial score (nSPS) is 12.1. The van der Waals surface area contributed by atoms with Crippen LogP contribution in [0.3, 0.4) is 0 Å². The van der Waals surface area contributed by atoms with E-state index in [1.165, 1.54) is 10.8 Å². The van der Waals surface area contributed by atoms with E-state index in [0.717, 1.165) is 12.3 Å². The van der Waals surface area contributed by atoms with Crippen LogP contribution < -0.4 is 16.9 Å². The number of nitrogens with zero attached hydrogens (tertiary/aromatic N) is 2. The van der Waals surface area contributed by atoms with Gasteiger partial charge in [-0.25, -0.2) is 0 Å². The van der Waals surface area contributed by atoms with E-state index in [9.17, 15) is 19.7 Å². The minimum absolute atomic E-state index is 0.0174. The van der Waals surface area contributed by atoms with Gasteiger partial charge in [-0.1, -0.05) is 0 Å². The van der Waals surface area contributed by atoms with Gasteiger partial charge in [-0.05, 0) is 0 Å². The maximum Gasteiger partial charge on any atom is 0.332 e. The van der Waals surface area contributed by atoms with Gasteiger partial charge in [-0.2, -0.15) is 0 Å². The van der Waals surface area contributed by atoms with Crippen LogP contribution in [0.5, 0.6) is 0 Å². The monoisotopic (exact) mass is 226 g/mol. The molecule has 0 spiro atoms. The Morgan fingerprint density at radius 3 is 2.75 bits per heavy atom. The number of pyridine rings is 1. The van der Waals surface area contributed by atoms with E-state index in [2.05, 4.69) is 0 Å². The van der Waals surface area contributed by atoms with Crippen molar-refractivity contribution in [3.05, 3.63) is 38.8 Å².